The molecule has 0 radical (unpaired) electrons. The highest BCUT2D eigenvalue weighted by Crippen LogP contribution is 2.22. The quantitative estimate of drug-likeness (QED) is 0.623. The molecular weight excluding hydrogens is 384 g/mol. The molecule has 0 heterocycles. The lowest BCUT2D eigenvalue weighted by Gasteiger charge is -2.20. The normalized spacial score (nSPS) is 11.6. The first-order valence-electron chi connectivity index (χ1n) is 9.40. The van der Waals surface area contributed by atoms with E-state index in [2.05, 4.69) is 10.0 Å². The predicted molar refractivity (Wildman–Crippen MR) is 114 cm³/mol. The molecule has 29 heavy (non-hydrogen) atoms. The fourth-order valence-electron chi connectivity index (χ4n) is 3.05. The number of hydrogen-bond acceptors (Lipinski definition) is 3. The summed E-state index contributed by atoms with van der Waals surface area (Å²) in [5.74, 6) is -0.343. The van der Waals surface area contributed by atoms with E-state index in [-0.39, 0.29) is 28.4 Å². The van der Waals surface area contributed by atoms with Crippen LogP contribution in [-0.2, 0) is 10.0 Å². The first kappa shape index (κ1) is 20.8. The summed E-state index contributed by atoms with van der Waals surface area (Å²) in [6, 6.07) is 24.8. The summed E-state index contributed by atoms with van der Waals surface area (Å²) in [4.78, 5) is 13.0. The maximum atomic E-state index is 13.0. The minimum atomic E-state index is -3.68. The minimum Gasteiger partial charge on any atom is -0.341 e. The van der Waals surface area contributed by atoms with E-state index in [9.17, 15) is 13.2 Å². The molecule has 3 aromatic carbocycles. The summed E-state index contributed by atoms with van der Waals surface area (Å²) in [6.07, 6.45) is 0. The molecule has 0 aliphatic rings. The number of carbonyl (C=O) groups is 1. The van der Waals surface area contributed by atoms with Crippen molar-refractivity contribution in [2.24, 2.45) is 0 Å². The van der Waals surface area contributed by atoms with Crippen molar-refractivity contribution >= 4 is 15.9 Å². The summed E-state index contributed by atoms with van der Waals surface area (Å²) in [7, 11) is -3.68. The van der Waals surface area contributed by atoms with E-state index in [0.29, 0.717) is 0 Å². The van der Waals surface area contributed by atoms with Gasteiger partial charge in [-0.2, -0.15) is 0 Å². The minimum absolute atomic E-state index is 0.0647. The first-order valence-corrected chi connectivity index (χ1v) is 10.9. The third-order valence-electron chi connectivity index (χ3n) is 4.34. The molecule has 1 amide bonds. The molecule has 0 aliphatic carbocycles. The van der Waals surface area contributed by atoms with Crippen LogP contribution in [0.4, 0.5) is 0 Å². The second-order valence-electron chi connectivity index (χ2n) is 7.03. The van der Waals surface area contributed by atoms with Gasteiger partial charge in [-0.15, -0.1) is 0 Å². The summed E-state index contributed by atoms with van der Waals surface area (Å²) in [6.45, 7) is 3.50. The van der Waals surface area contributed by atoms with Gasteiger partial charge in [0.2, 0.25) is 10.0 Å². The predicted octanol–water partition coefficient (Wildman–Crippen LogP) is 3.89. The number of rotatable bonds is 7. The highest BCUT2D eigenvalue weighted by Gasteiger charge is 2.20. The van der Waals surface area contributed by atoms with Crippen molar-refractivity contribution in [3.8, 4) is 0 Å². The second kappa shape index (κ2) is 9.03. The number of carbonyl (C=O) groups excluding carboxylic acids is 1. The summed E-state index contributed by atoms with van der Waals surface area (Å²) >= 11 is 0. The van der Waals surface area contributed by atoms with Crippen LogP contribution >= 0.6 is 0 Å². The average Bonchev–Trinajstić information content (AvgIpc) is 2.72. The smallest absolute Gasteiger partial charge is 0.252 e. The van der Waals surface area contributed by atoms with Gasteiger partial charge in [-0.3, -0.25) is 4.79 Å². The molecule has 0 bridgehead atoms. The fraction of sp³-hybridized carbons (Fsp3) is 0.174. The van der Waals surface area contributed by atoms with Crippen LogP contribution in [0.3, 0.4) is 0 Å². The second-order valence-corrected chi connectivity index (χ2v) is 8.75. The zero-order valence-corrected chi connectivity index (χ0v) is 17.2. The Morgan fingerprint density at radius 3 is 1.86 bits per heavy atom. The Morgan fingerprint density at radius 2 is 1.34 bits per heavy atom. The van der Waals surface area contributed by atoms with Gasteiger partial charge >= 0.3 is 0 Å². The van der Waals surface area contributed by atoms with Crippen LogP contribution in [0.2, 0.25) is 0 Å². The van der Waals surface area contributed by atoms with E-state index in [1.807, 2.05) is 60.7 Å². The highest BCUT2D eigenvalue weighted by molar-refractivity contribution is 7.89. The highest BCUT2D eigenvalue weighted by atomic mass is 32.2. The van der Waals surface area contributed by atoms with Gasteiger partial charge in [0, 0.05) is 11.6 Å². The molecule has 0 saturated heterocycles. The number of amides is 1. The largest absolute Gasteiger partial charge is 0.341 e. The maximum Gasteiger partial charge on any atom is 0.252 e. The van der Waals surface area contributed by atoms with Crippen LogP contribution in [-0.4, -0.2) is 20.4 Å². The van der Waals surface area contributed by atoms with Gasteiger partial charge in [0.05, 0.1) is 10.9 Å². The Morgan fingerprint density at radius 1 is 0.793 bits per heavy atom. The van der Waals surface area contributed by atoms with Crippen molar-refractivity contribution in [2.45, 2.75) is 30.8 Å². The van der Waals surface area contributed by atoms with Gasteiger partial charge in [-0.25, -0.2) is 13.1 Å². The van der Waals surface area contributed by atoms with Gasteiger partial charge in [0.15, 0.2) is 0 Å². The van der Waals surface area contributed by atoms with E-state index in [1.165, 1.54) is 12.1 Å². The summed E-state index contributed by atoms with van der Waals surface area (Å²) < 4.78 is 27.4. The SMILES string of the molecule is CC(C)NS(=O)(=O)c1cccc(C(=O)NC(c2ccccc2)c2ccccc2)c1. The van der Waals surface area contributed by atoms with Gasteiger partial charge in [-0.1, -0.05) is 66.7 Å². The Balaban J connectivity index is 1.90. The number of sulfonamides is 1. The molecule has 150 valence electrons. The first-order chi connectivity index (χ1) is 13.9. The topological polar surface area (TPSA) is 75.3 Å². The monoisotopic (exact) mass is 408 g/mol. The molecule has 0 aliphatic heterocycles. The van der Waals surface area contributed by atoms with Crippen LogP contribution in [0, 0.1) is 0 Å². The van der Waals surface area contributed by atoms with Crippen LogP contribution in [0.5, 0.6) is 0 Å². The number of nitrogens with one attached hydrogen (secondary N) is 2. The Hall–Kier alpha value is -2.96. The maximum absolute atomic E-state index is 13.0. The van der Waals surface area contributed by atoms with Crippen molar-refractivity contribution in [2.75, 3.05) is 0 Å². The molecule has 0 aromatic heterocycles. The van der Waals surface area contributed by atoms with Crippen molar-refractivity contribution < 1.29 is 13.2 Å². The molecule has 6 heteroatoms. The molecule has 0 unspecified atom stereocenters. The molecular formula is C23H24N2O3S. The van der Waals surface area contributed by atoms with Crippen molar-refractivity contribution in [1.82, 2.24) is 10.0 Å². The van der Waals surface area contributed by atoms with Crippen LogP contribution in [0.1, 0.15) is 41.4 Å². The molecule has 5 nitrogen and oxygen atoms in total. The van der Waals surface area contributed by atoms with E-state index >= 15 is 0 Å². The number of hydrogen-bond donors (Lipinski definition) is 2. The molecule has 0 atom stereocenters. The zero-order valence-electron chi connectivity index (χ0n) is 16.4. The average molecular weight is 409 g/mol. The van der Waals surface area contributed by atoms with Gasteiger partial charge in [0.1, 0.15) is 0 Å². The Bertz CT molecular complexity index is 1030. The molecule has 0 fully saturated rings. The standard InChI is InChI=1S/C23H24N2O3S/c1-17(2)25-29(27,28)21-15-9-14-20(16-21)23(26)24-22(18-10-5-3-6-11-18)19-12-7-4-8-13-19/h3-17,22,25H,1-2H3,(H,24,26). The summed E-state index contributed by atoms with van der Waals surface area (Å²) in [5.41, 5.74) is 2.17. The molecule has 0 spiro atoms. The van der Waals surface area contributed by atoms with Gasteiger partial charge in [-0.05, 0) is 43.2 Å². The van der Waals surface area contributed by atoms with Crippen molar-refractivity contribution in [1.29, 1.82) is 0 Å². The van der Waals surface area contributed by atoms with E-state index in [1.54, 1.807) is 26.0 Å². The fourth-order valence-corrected chi connectivity index (χ4v) is 4.34. The Labute approximate surface area is 171 Å². The zero-order chi connectivity index (χ0) is 20.9. The van der Waals surface area contributed by atoms with E-state index in [4.69, 9.17) is 0 Å². The third kappa shape index (κ3) is 5.31. The van der Waals surface area contributed by atoms with Gasteiger partial charge in [0.25, 0.3) is 5.91 Å². The van der Waals surface area contributed by atoms with Crippen LogP contribution in [0.25, 0.3) is 0 Å². The van der Waals surface area contributed by atoms with E-state index < -0.39 is 10.0 Å². The molecule has 0 saturated carbocycles. The Kier molecular flexibility index (Phi) is 6.46. The van der Waals surface area contributed by atoms with Crippen molar-refractivity contribution in [3.63, 3.8) is 0 Å². The summed E-state index contributed by atoms with van der Waals surface area (Å²) in [5, 5.41) is 3.03. The van der Waals surface area contributed by atoms with E-state index in [0.717, 1.165) is 11.1 Å². The van der Waals surface area contributed by atoms with Crippen LogP contribution in [0.15, 0.2) is 89.8 Å². The molecule has 3 rings (SSSR count). The van der Waals surface area contributed by atoms with Gasteiger partial charge < -0.3 is 5.32 Å². The lowest BCUT2D eigenvalue weighted by atomic mass is 9.98. The molecule has 2 N–H and O–H groups in total. The van der Waals surface area contributed by atoms with Crippen LogP contribution < -0.4 is 10.0 Å². The van der Waals surface area contributed by atoms with Crippen molar-refractivity contribution in [3.05, 3.63) is 102 Å². The molecule has 3 aromatic rings. The lowest BCUT2D eigenvalue weighted by molar-refractivity contribution is 0.0942. The third-order valence-corrected chi connectivity index (χ3v) is 5.99. The lowest BCUT2D eigenvalue weighted by Crippen LogP contribution is -2.31. The number of benzene rings is 3.